The molecule has 0 spiro atoms. The number of hydrogen-bond acceptors (Lipinski definition) is 3. The predicted octanol–water partition coefficient (Wildman–Crippen LogP) is 1.81. The number of aryl methyl sites for hydroxylation is 2. The molecule has 1 aromatic rings. The summed E-state index contributed by atoms with van der Waals surface area (Å²) < 4.78 is 27.4. The van der Waals surface area contributed by atoms with Crippen molar-refractivity contribution in [1.82, 2.24) is 9.21 Å². The van der Waals surface area contributed by atoms with Crippen LogP contribution in [-0.2, 0) is 27.7 Å². The Bertz CT molecular complexity index is 700. The molecule has 0 aromatic heterocycles. The van der Waals surface area contributed by atoms with E-state index in [1.165, 1.54) is 28.8 Å². The fourth-order valence-corrected chi connectivity index (χ4v) is 4.99. The van der Waals surface area contributed by atoms with Crippen molar-refractivity contribution in [2.24, 2.45) is 0 Å². The van der Waals surface area contributed by atoms with Gasteiger partial charge in [0.2, 0.25) is 15.9 Å². The van der Waals surface area contributed by atoms with Gasteiger partial charge < -0.3 is 4.90 Å². The maximum atomic E-state index is 12.9. The molecule has 0 N–H and O–H groups in total. The van der Waals surface area contributed by atoms with Crippen molar-refractivity contribution in [2.45, 2.75) is 43.9 Å². The summed E-state index contributed by atoms with van der Waals surface area (Å²) in [4.78, 5) is 13.6. The first-order valence-corrected chi connectivity index (χ1v) is 9.80. The van der Waals surface area contributed by atoms with Gasteiger partial charge in [-0.25, -0.2) is 8.42 Å². The van der Waals surface area contributed by atoms with Crippen LogP contribution in [0.3, 0.4) is 0 Å². The molecule has 126 valence electrons. The molecule has 0 bridgehead atoms. The number of amides is 1. The number of carbonyl (C=O) groups excluding carboxylic acids is 1. The van der Waals surface area contributed by atoms with Crippen molar-refractivity contribution in [1.29, 1.82) is 0 Å². The monoisotopic (exact) mass is 336 g/mol. The molecule has 0 saturated carbocycles. The minimum atomic E-state index is -3.47. The normalized spacial score (nSPS) is 20.0. The number of benzene rings is 1. The quantitative estimate of drug-likeness (QED) is 0.827. The maximum absolute atomic E-state index is 12.9. The lowest BCUT2D eigenvalue weighted by Crippen LogP contribution is -2.36. The van der Waals surface area contributed by atoms with Crippen LogP contribution in [0.5, 0.6) is 0 Å². The van der Waals surface area contributed by atoms with E-state index in [0.29, 0.717) is 37.5 Å². The molecule has 2 aliphatic rings. The van der Waals surface area contributed by atoms with Gasteiger partial charge in [-0.15, -0.1) is 0 Å². The zero-order chi connectivity index (χ0) is 16.4. The van der Waals surface area contributed by atoms with E-state index in [9.17, 15) is 13.2 Å². The summed E-state index contributed by atoms with van der Waals surface area (Å²) in [6, 6.07) is 5.58. The number of fused-ring (bicyclic) bond motifs is 1. The van der Waals surface area contributed by atoms with Crippen LogP contribution in [0, 0.1) is 0 Å². The van der Waals surface area contributed by atoms with E-state index >= 15 is 0 Å². The van der Waals surface area contributed by atoms with Crippen molar-refractivity contribution in [3.05, 3.63) is 29.3 Å². The number of carbonyl (C=O) groups is 1. The zero-order valence-corrected chi connectivity index (χ0v) is 14.4. The van der Waals surface area contributed by atoms with Crippen LogP contribution in [-0.4, -0.2) is 49.7 Å². The summed E-state index contributed by atoms with van der Waals surface area (Å²) in [7, 11) is -3.47. The Balaban J connectivity index is 1.82. The largest absolute Gasteiger partial charge is 0.342 e. The molecule has 5 nitrogen and oxygen atoms in total. The molecule has 1 saturated heterocycles. The highest BCUT2D eigenvalue weighted by atomic mass is 32.2. The van der Waals surface area contributed by atoms with Crippen molar-refractivity contribution < 1.29 is 13.2 Å². The van der Waals surface area contributed by atoms with Crippen molar-refractivity contribution in [2.75, 3.05) is 26.2 Å². The summed E-state index contributed by atoms with van der Waals surface area (Å²) in [5.74, 6) is 0.0121. The Hall–Kier alpha value is -1.40. The minimum Gasteiger partial charge on any atom is -0.342 e. The van der Waals surface area contributed by atoms with Gasteiger partial charge in [0, 0.05) is 33.1 Å². The highest BCUT2D eigenvalue weighted by Crippen LogP contribution is 2.26. The van der Waals surface area contributed by atoms with Crippen LogP contribution in [0.2, 0.25) is 0 Å². The van der Waals surface area contributed by atoms with E-state index in [-0.39, 0.29) is 5.91 Å². The van der Waals surface area contributed by atoms with Gasteiger partial charge in [0.05, 0.1) is 4.90 Å². The second-order valence-electron chi connectivity index (χ2n) is 6.40. The van der Waals surface area contributed by atoms with Crippen LogP contribution in [0.4, 0.5) is 0 Å². The minimum absolute atomic E-state index is 0.0121. The summed E-state index contributed by atoms with van der Waals surface area (Å²) in [5.41, 5.74) is 2.46. The Labute approximate surface area is 138 Å². The fourth-order valence-electron chi connectivity index (χ4n) is 3.47. The first-order chi connectivity index (χ1) is 11.0. The molecule has 1 aromatic carbocycles. The fraction of sp³-hybridized carbons (Fsp3) is 0.588. The lowest BCUT2D eigenvalue weighted by Gasteiger charge is -2.22. The third-order valence-electron chi connectivity index (χ3n) is 4.86. The van der Waals surface area contributed by atoms with E-state index in [1.54, 1.807) is 11.0 Å². The molecule has 1 heterocycles. The van der Waals surface area contributed by atoms with E-state index in [4.69, 9.17) is 0 Å². The molecule has 3 rings (SSSR count). The number of hydrogen-bond donors (Lipinski definition) is 0. The van der Waals surface area contributed by atoms with Crippen molar-refractivity contribution in [3.8, 4) is 0 Å². The van der Waals surface area contributed by atoms with E-state index in [2.05, 4.69) is 0 Å². The molecule has 0 radical (unpaired) electrons. The van der Waals surface area contributed by atoms with Crippen LogP contribution in [0.25, 0.3) is 0 Å². The van der Waals surface area contributed by atoms with Gasteiger partial charge in [0.15, 0.2) is 0 Å². The highest BCUT2D eigenvalue weighted by Gasteiger charge is 2.28. The average Bonchev–Trinajstić information content (AvgIpc) is 2.81. The first kappa shape index (κ1) is 16.5. The van der Waals surface area contributed by atoms with Crippen LogP contribution in [0.15, 0.2) is 23.1 Å². The second kappa shape index (κ2) is 6.61. The van der Waals surface area contributed by atoms with E-state index in [0.717, 1.165) is 19.3 Å². The van der Waals surface area contributed by atoms with Gasteiger partial charge in [-0.3, -0.25) is 4.79 Å². The van der Waals surface area contributed by atoms with Gasteiger partial charge in [-0.2, -0.15) is 4.31 Å². The summed E-state index contributed by atoms with van der Waals surface area (Å²) in [5, 5.41) is 0. The van der Waals surface area contributed by atoms with Crippen LogP contribution in [0.1, 0.15) is 37.3 Å². The number of rotatable bonds is 2. The standard InChI is InChI=1S/C17H24N2O3S/c1-14(20)18-9-4-10-19(12-11-18)23(21,22)17-8-7-15-5-2-3-6-16(15)13-17/h7-8,13H,2-6,9-12H2,1H3. The topological polar surface area (TPSA) is 57.7 Å². The van der Waals surface area contributed by atoms with Gasteiger partial charge in [-0.1, -0.05) is 6.07 Å². The molecule has 0 unspecified atom stereocenters. The summed E-state index contributed by atoms with van der Waals surface area (Å²) >= 11 is 0. The third-order valence-corrected chi connectivity index (χ3v) is 6.75. The van der Waals surface area contributed by atoms with Gasteiger partial charge >= 0.3 is 0 Å². The Morgan fingerprint density at radius 2 is 1.70 bits per heavy atom. The zero-order valence-electron chi connectivity index (χ0n) is 13.6. The Morgan fingerprint density at radius 3 is 2.43 bits per heavy atom. The summed E-state index contributed by atoms with van der Waals surface area (Å²) in [6.07, 6.45) is 5.02. The van der Waals surface area contributed by atoms with Crippen LogP contribution < -0.4 is 0 Å². The Kier molecular flexibility index (Phi) is 4.73. The lowest BCUT2D eigenvalue weighted by atomic mass is 9.92. The molecular weight excluding hydrogens is 312 g/mol. The Morgan fingerprint density at radius 1 is 0.957 bits per heavy atom. The van der Waals surface area contributed by atoms with Gasteiger partial charge in [0.25, 0.3) is 0 Å². The van der Waals surface area contributed by atoms with Crippen molar-refractivity contribution in [3.63, 3.8) is 0 Å². The lowest BCUT2D eigenvalue weighted by molar-refractivity contribution is -0.128. The molecule has 0 atom stereocenters. The maximum Gasteiger partial charge on any atom is 0.243 e. The van der Waals surface area contributed by atoms with Crippen LogP contribution >= 0.6 is 0 Å². The predicted molar refractivity (Wildman–Crippen MR) is 88.7 cm³/mol. The molecule has 1 aliphatic heterocycles. The first-order valence-electron chi connectivity index (χ1n) is 8.36. The average molecular weight is 336 g/mol. The highest BCUT2D eigenvalue weighted by molar-refractivity contribution is 7.89. The van der Waals surface area contributed by atoms with E-state index in [1.807, 2.05) is 12.1 Å². The SMILES string of the molecule is CC(=O)N1CCCN(S(=O)(=O)c2ccc3c(c2)CCCC3)CC1. The van der Waals surface area contributed by atoms with E-state index < -0.39 is 10.0 Å². The smallest absolute Gasteiger partial charge is 0.243 e. The second-order valence-corrected chi connectivity index (χ2v) is 8.34. The molecule has 1 amide bonds. The molecule has 6 heteroatoms. The number of nitrogens with zero attached hydrogens (tertiary/aromatic N) is 2. The molecule has 1 aliphatic carbocycles. The van der Waals surface area contributed by atoms with Gasteiger partial charge in [0.1, 0.15) is 0 Å². The number of sulfonamides is 1. The van der Waals surface area contributed by atoms with Crippen molar-refractivity contribution >= 4 is 15.9 Å². The summed E-state index contributed by atoms with van der Waals surface area (Å²) in [6.45, 7) is 3.49. The molecule has 23 heavy (non-hydrogen) atoms. The third kappa shape index (κ3) is 3.43. The van der Waals surface area contributed by atoms with Gasteiger partial charge in [-0.05, 0) is 55.4 Å². The molecule has 1 fully saturated rings. The molecular formula is C17H24N2O3S.